The van der Waals surface area contributed by atoms with E-state index in [0.29, 0.717) is 31.6 Å². The number of nitrogens with one attached hydrogen (secondary N) is 1. The van der Waals surface area contributed by atoms with Gasteiger partial charge in [0.1, 0.15) is 6.07 Å². The second-order valence-corrected chi connectivity index (χ2v) is 8.50. The van der Waals surface area contributed by atoms with E-state index in [4.69, 9.17) is 0 Å². The summed E-state index contributed by atoms with van der Waals surface area (Å²) in [4.78, 5) is 28.5. The van der Waals surface area contributed by atoms with Crippen LogP contribution in [-0.4, -0.2) is 42.5 Å². The van der Waals surface area contributed by atoms with Crippen molar-refractivity contribution < 1.29 is 9.72 Å². The van der Waals surface area contributed by atoms with Gasteiger partial charge in [0.15, 0.2) is 0 Å². The van der Waals surface area contributed by atoms with Crippen LogP contribution in [0.25, 0.3) is 0 Å². The van der Waals surface area contributed by atoms with Crippen LogP contribution in [0.5, 0.6) is 0 Å². The summed E-state index contributed by atoms with van der Waals surface area (Å²) in [5, 5.41) is 23.9. The number of carbonyl (C=O) groups is 1. The first-order valence-electron chi connectivity index (χ1n) is 10.6. The second-order valence-electron chi connectivity index (χ2n) is 8.50. The zero-order valence-electron chi connectivity index (χ0n) is 17.0. The van der Waals surface area contributed by atoms with Crippen LogP contribution in [0.3, 0.4) is 0 Å². The number of piperazine rings is 1. The third-order valence-electron chi connectivity index (χ3n) is 6.53. The molecule has 2 heterocycles. The Bertz CT molecular complexity index is 1090. The van der Waals surface area contributed by atoms with E-state index in [1.807, 2.05) is 30.3 Å². The van der Waals surface area contributed by atoms with E-state index in [9.17, 15) is 20.2 Å². The van der Waals surface area contributed by atoms with Gasteiger partial charge in [-0.25, -0.2) is 0 Å². The minimum absolute atomic E-state index is 0.0186. The van der Waals surface area contributed by atoms with Crippen LogP contribution in [0, 0.1) is 27.4 Å². The zero-order valence-corrected chi connectivity index (χ0v) is 17.0. The second kappa shape index (κ2) is 7.58. The van der Waals surface area contributed by atoms with E-state index in [2.05, 4.69) is 21.2 Å². The molecular weight excluding hydrogens is 394 g/mol. The van der Waals surface area contributed by atoms with Gasteiger partial charge >= 0.3 is 0 Å². The molecule has 8 heteroatoms. The highest BCUT2D eigenvalue weighted by molar-refractivity contribution is 5.83. The Morgan fingerprint density at radius 2 is 1.97 bits per heavy atom. The molecule has 31 heavy (non-hydrogen) atoms. The van der Waals surface area contributed by atoms with Crippen molar-refractivity contribution in [3.8, 4) is 6.07 Å². The van der Waals surface area contributed by atoms with Gasteiger partial charge in [-0.05, 0) is 43.0 Å². The lowest BCUT2D eigenvalue weighted by Crippen LogP contribution is -2.61. The maximum atomic E-state index is 13.2. The molecule has 5 rings (SSSR count). The van der Waals surface area contributed by atoms with E-state index >= 15 is 0 Å². The molecule has 1 aliphatic carbocycles. The summed E-state index contributed by atoms with van der Waals surface area (Å²) in [6.07, 6.45) is 2.50. The number of anilines is 2. The summed E-state index contributed by atoms with van der Waals surface area (Å²) in [6.45, 7) is 2.02. The van der Waals surface area contributed by atoms with Crippen molar-refractivity contribution in [3.05, 3.63) is 63.7 Å². The third-order valence-corrected chi connectivity index (χ3v) is 6.53. The van der Waals surface area contributed by atoms with Crippen LogP contribution in [0.4, 0.5) is 17.1 Å². The fraction of sp³-hybridized carbons (Fsp3) is 0.391. The molecule has 158 valence electrons. The first kappa shape index (κ1) is 19.4. The molecule has 1 saturated heterocycles. The third kappa shape index (κ3) is 3.56. The van der Waals surface area contributed by atoms with Crippen molar-refractivity contribution in [1.82, 2.24) is 5.32 Å². The number of nitro groups is 1. The largest absolute Gasteiger partial charge is 0.367 e. The summed E-state index contributed by atoms with van der Waals surface area (Å²) in [7, 11) is 0. The van der Waals surface area contributed by atoms with Crippen molar-refractivity contribution in [3.63, 3.8) is 0 Å². The Kier molecular flexibility index (Phi) is 4.74. The maximum absolute atomic E-state index is 13.2. The predicted octanol–water partition coefficient (Wildman–Crippen LogP) is 2.61. The van der Waals surface area contributed by atoms with Gasteiger partial charge in [0.2, 0.25) is 5.91 Å². The van der Waals surface area contributed by atoms with Gasteiger partial charge in [-0.15, -0.1) is 0 Å². The number of hydrogen-bond acceptors (Lipinski definition) is 6. The summed E-state index contributed by atoms with van der Waals surface area (Å²) < 4.78 is 0. The van der Waals surface area contributed by atoms with Gasteiger partial charge in [-0.1, -0.05) is 12.1 Å². The van der Waals surface area contributed by atoms with Crippen LogP contribution < -0.4 is 15.1 Å². The van der Waals surface area contributed by atoms with E-state index in [1.165, 1.54) is 6.07 Å². The molecule has 2 aromatic rings. The number of nitriles is 1. The Morgan fingerprint density at radius 3 is 2.71 bits per heavy atom. The summed E-state index contributed by atoms with van der Waals surface area (Å²) >= 11 is 0. The molecule has 8 nitrogen and oxygen atoms in total. The van der Waals surface area contributed by atoms with E-state index < -0.39 is 0 Å². The number of non-ortho nitro benzene ring substituents is 1. The highest BCUT2D eigenvalue weighted by Gasteiger charge is 2.43. The van der Waals surface area contributed by atoms with Crippen LogP contribution in [0.2, 0.25) is 0 Å². The fourth-order valence-corrected chi connectivity index (χ4v) is 4.82. The predicted molar refractivity (Wildman–Crippen MR) is 116 cm³/mol. The Labute approximate surface area is 180 Å². The zero-order chi connectivity index (χ0) is 21.5. The van der Waals surface area contributed by atoms with Gasteiger partial charge < -0.3 is 15.1 Å². The molecule has 0 spiro atoms. The molecule has 2 fully saturated rings. The Balaban J connectivity index is 1.49. The Hall–Kier alpha value is -3.60. The average Bonchev–Trinajstić information content (AvgIpc) is 3.61. The van der Waals surface area contributed by atoms with Crippen LogP contribution in [-0.2, 0) is 11.2 Å². The molecule has 2 aliphatic heterocycles. The summed E-state index contributed by atoms with van der Waals surface area (Å²) in [6, 6.07) is 15.0. The van der Waals surface area contributed by atoms with E-state index in [-0.39, 0.29) is 34.5 Å². The number of benzene rings is 2. The number of nitrogens with zero attached hydrogens (tertiary/aromatic N) is 4. The average molecular weight is 417 g/mol. The smallest absolute Gasteiger partial charge is 0.269 e. The van der Waals surface area contributed by atoms with Crippen molar-refractivity contribution in [1.29, 1.82) is 5.26 Å². The highest BCUT2D eigenvalue weighted by Crippen LogP contribution is 2.39. The quantitative estimate of drug-likeness (QED) is 0.606. The van der Waals surface area contributed by atoms with Crippen LogP contribution in [0.1, 0.15) is 24.0 Å². The van der Waals surface area contributed by atoms with Gasteiger partial charge in [-0.3, -0.25) is 14.9 Å². The fourth-order valence-electron chi connectivity index (χ4n) is 4.82. The molecule has 2 aromatic carbocycles. The number of para-hydroxylation sites is 1. The highest BCUT2D eigenvalue weighted by atomic mass is 16.6. The number of amides is 1. The number of rotatable bonds is 4. The summed E-state index contributed by atoms with van der Waals surface area (Å²) in [5.41, 5.74) is 3.40. The SMILES string of the molecule is N#Cc1ccccc1N1CCN2c3ccc([N+](=O)[O-])cc3C[C@H](C(=O)NC3CC3)[C@H]2C1. The van der Waals surface area contributed by atoms with Crippen LogP contribution >= 0.6 is 0 Å². The first-order valence-corrected chi connectivity index (χ1v) is 10.6. The molecule has 1 N–H and O–H groups in total. The van der Waals surface area contributed by atoms with Crippen molar-refractivity contribution in [2.24, 2.45) is 5.92 Å². The minimum Gasteiger partial charge on any atom is -0.367 e. The monoisotopic (exact) mass is 417 g/mol. The lowest BCUT2D eigenvalue weighted by atomic mass is 9.83. The lowest BCUT2D eigenvalue weighted by molar-refractivity contribution is -0.384. The number of fused-ring (bicyclic) bond motifs is 3. The van der Waals surface area contributed by atoms with Crippen molar-refractivity contribution in [2.75, 3.05) is 29.4 Å². The number of nitro benzene ring substituents is 1. The molecule has 0 radical (unpaired) electrons. The molecule has 2 atom stereocenters. The molecular formula is C23H23N5O3. The van der Waals surface area contributed by atoms with Crippen LogP contribution in [0.15, 0.2) is 42.5 Å². The summed E-state index contributed by atoms with van der Waals surface area (Å²) in [5.74, 6) is -0.280. The standard InChI is InChI=1S/C23H23N5O3/c24-13-15-3-1-2-4-20(15)26-9-10-27-21-8-7-18(28(30)31)11-16(21)12-19(22(27)14-26)23(29)25-17-5-6-17/h1-4,7-8,11,17,19,22H,5-6,9-10,12,14H2,(H,25,29)/t19-,22+/m0/s1. The molecule has 1 amide bonds. The van der Waals surface area contributed by atoms with Gasteiger partial charge in [0.25, 0.3) is 5.69 Å². The van der Waals surface area contributed by atoms with Gasteiger partial charge in [0.05, 0.1) is 28.1 Å². The molecule has 3 aliphatic rings. The van der Waals surface area contributed by atoms with Crippen molar-refractivity contribution in [2.45, 2.75) is 31.3 Å². The van der Waals surface area contributed by atoms with Crippen molar-refractivity contribution >= 4 is 23.0 Å². The topological polar surface area (TPSA) is 103 Å². The molecule has 1 saturated carbocycles. The minimum atomic E-state index is -0.387. The number of hydrogen-bond donors (Lipinski definition) is 1. The molecule has 0 unspecified atom stereocenters. The van der Waals surface area contributed by atoms with E-state index in [1.54, 1.807) is 6.07 Å². The Morgan fingerprint density at radius 1 is 1.16 bits per heavy atom. The lowest BCUT2D eigenvalue weighted by Gasteiger charge is -2.49. The molecule has 0 bridgehead atoms. The normalized spacial score (nSPS) is 22.2. The maximum Gasteiger partial charge on any atom is 0.269 e. The van der Waals surface area contributed by atoms with Gasteiger partial charge in [0, 0.05) is 43.5 Å². The van der Waals surface area contributed by atoms with E-state index in [0.717, 1.165) is 29.8 Å². The molecule has 0 aromatic heterocycles. The number of carbonyl (C=O) groups excluding carboxylic acids is 1. The van der Waals surface area contributed by atoms with Gasteiger partial charge in [-0.2, -0.15) is 5.26 Å². The first-order chi connectivity index (χ1) is 15.0.